The third-order valence-electron chi connectivity index (χ3n) is 5.96. The molecular weight excluding hydrogens is 338 g/mol. The highest BCUT2D eigenvalue weighted by Gasteiger charge is 2.02. The summed E-state index contributed by atoms with van der Waals surface area (Å²) in [6.45, 7) is 7.87. The lowest BCUT2D eigenvalue weighted by atomic mass is 10.0. The van der Waals surface area contributed by atoms with Crippen molar-refractivity contribution < 1.29 is 4.57 Å². The summed E-state index contributed by atoms with van der Waals surface area (Å²) in [7, 11) is 0. The molecule has 0 N–H and O–H groups in total. The van der Waals surface area contributed by atoms with Crippen LogP contribution < -0.4 is 4.57 Å². The van der Waals surface area contributed by atoms with Gasteiger partial charge >= 0.3 is 0 Å². The van der Waals surface area contributed by atoms with E-state index in [0.29, 0.717) is 0 Å². The molecule has 1 aromatic rings. The summed E-state index contributed by atoms with van der Waals surface area (Å²) in [5, 5.41) is 0. The highest BCUT2D eigenvalue weighted by molar-refractivity contribution is 5.11. The van der Waals surface area contributed by atoms with Crippen LogP contribution in [0.15, 0.2) is 18.5 Å². The summed E-state index contributed by atoms with van der Waals surface area (Å²) in [6.07, 6.45) is 30.6. The van der Waals surface area contributed by atoms with E-state index in [1.165, 1.54) is 133 Å². The average molecular weight is 389 g/mol. The zero-order valence-electron chi connectivity index (χ0n) is 19.6. The third-order valence-corrected chi connectivity index (χ3v) is 5.96. The molecule has 0 unspecified atom stereocenters. The van der Waals surface area contributed by atoms with E-state index in [9.17, 15) is 0 Å². The van der Waals surface area contributed by atoms with Gasteiger partial charge in [-0.05, 0) is 26.3 Å². The summed E-state index contributed by atoms with van der Waals surface area (Å²) in [5.74, 6) is 0. The molecule has 0 fully saturated rings. The Morgan fingerprint density at radius 3 is 1.18 bits per heavy atom. The van der Waals surface area contributed by atoms with E-state index in [1.807, 2.05) is 0 Å². The smallest absolute Gasteiger partial charge is 0.171 e. The number of hydrogen-bond acceptors (Lipinski definition) is 0. The van der Waals surface area contributed by atoms with Crippen LogP contribution in [0.5, 0.6) is 0 Å². The first-order valence-electron chi connectivity index (χ1n) is 12.7. The number of pyridine rings is 1. The van der Waals surface area contributed by atoms with E-state index < -0.39 is 0 Å². The van der Waals surface area contributed by atoms with Crippen LogP contribution in [0.25, 0.3) is 0 Å². The van der Waals surface area contributed by atoms with Gasteiger partial charge in [0, 0.05) is 17.5 Å². The molecule has 0 spiro atoms. The number of aromatic nitrogens is 1. The molecule has 0 radical (unpaired) electrons. The molecule has 1 aromatic heterocycles. The Balaban J connectivity index is 1.76. The van der Waals surface area contributed by atoms with E-state index in [-0.39, 0.29) is 0 Å². The normalized spacial score (nSPS) is 11.2. The lowest BCUT2D eigenvalue weighted by Crippen LogP contribution is -2.33. The van der Waals surface area contributed by atoms with Gasteiger partial charge in [0.2, 0.25) is 0 Å². The van der Waals surface area contributed by atoms with Crippen molar-refractivity contribution in [1.29, 1.82) is 0 Å². The number of rotatable bonds is 19. The molecule has 0 atom stereocenters. The first-order chi connectivity index (χ1) is 13.7. The third kappa shape index (κ3) is 15.1. The predicted octanol–water partition coefficient (Wildman–Crippen LogP) is 8.63. The predicted molar refractivity (Wildman–Crippen MR) is 125 cm³/mol. The van der Waals surface area contributed by atoms with Gasteiger partial charge in [0.15, 0.2) is 12.4 Å². The van der Waals surface area contributed by atoms with Crippen LogP contribution in [-0.2, 0) is 6.54 Å². The van der Waals surface area contributed by atoms with Crippen LogP contribution in [-0.4, -0.2) is 0 Å². The second-order valence-corrected chi connectivity index (χ2v) is 9.14. The van der Waals surface area contributed by atoms with Crippen molar-refractivity contribution in [3.8, 4) is 0 Å². The zero-order chi connectivity index (χ0) is 20.3. The molecule has 0 aliphatic carbocycles. The van der Waals surface area contributed by atoms with Gasteiger partial charge in [0.25, 0.3) is 0 Å². The topological polar surface area (TPSA) is 3.88 Å². The number of aryl methyl sites for hydroxylation is 3. The Labute approximate surface area is 177 Å². The van der Waals surface area contributed by atoms with Gasteiger partial charge in [0.05, 0.1) is 0 Å². The summed E-state index contributed by atoms with van der Waals surface area (Å²) in [6, 6.07) is 2.26. The molecule has 1 nitrogen and oxygen atoms in total. The Hall–Kier alpha value is -0.850. The molecule has 1 rings (SSSR count). The van der Waals surface area contributed by atoms with Gasteiger partial charge < -0.3 is 0 Å². The fraction of sp³-hybridized carbons (Fsp3) is 0.815. The number of hydrogen-bond donors (Lipinski definition) is 0. The van der Waals surface area contributed by atoms with Crippen molar-refractivity contribution in [2.75, 3.05) is 0 Å². The van der Waals surface area contributed by atoms with E-state index in [1.54, 1.807) is 0 Å². The molecule has 0 aliphatic rings. The maximum Gasteiger partial charge on any atom is 0.171 e. The van der Waals surface area contributed by atoms with Crippen molar-refractivity contribution >= 4 is 0 Å². The average Bonchev–Trinajstić information content (AvgIpc) is 2.66. The largest absolute Gasteiger partial charge is 0.205 e. The second-order valence-electron chi connectivity index (χ2n) is 9.14. The second kappa shape index (κ2) is 18.2. The van der Waals surface area contributed by atoms with Gasteiger partial charge in [-0.15, -0.1) is 0 Å². The molecule has 0 amide bonds. The number of unbranched alkanes of at least 4 members (excludes halogenated alkanes) is 17. The van der Waals surface area contributed by atoms with Crippen LogP contribution in [0.2, 0.25) is 0 Å². The first-order valence-corrected chi connectivity index (χ1v) is 12.7. The van der Waals surface area contributed by atoms with E-state index in [0.717, 1.165) is 0 Å². The fourth-order valence-electron chi connectivity index (χ4n) is 4.32. The van der Waals surface area contributed by atoms with Crippen molar-refractivity contribution in [2.24, 2.45) is 0 Å². The Bertz CT molecular complexity index is 445. The molecule has 0 saturated heterocycles. The van der Waals surface area contributed by atoms with E-state index in [4.69, 9.17) is 0 Å². The lowest BCUT2D eigenvalue weighted by Gasteiger charge is -2.04. The maximum absolute atomic E-state index is 2.37. The highest BCUT2D eigenvalue weighted by Crippen LogP contribution is 2.14. The first kappa shape index (κ1) is 25.2. The van der Waals surface area contributed by atoms with Gasteiger partial charge in [0.1, 0.15) is 6.54 Å². The highest BCUT2D eigenvalue weighted by atomic mass is 14.9. The molecule has 1 heterocycles. The molecule has 1 heteroatoms. The fourth-order valence-corrected chi connectivity index (χ4v) is 4.32. The molecular formula is C27H50N+. The summed E-state index contributed by atoms with van der Waals surface area (Å²) in [5.41, 5.74) is 2.75. The monoisotopic (exact) mass is 388 g/mol. The van der Waals surface area contributed by atoms with Gasteiger partial charge in [-0.3, -0.25) is 0 Å². The minimum Gasteiger partial charge on any atom is -0.205 e. The molecule has 162 valence electrons. The molecule has 0 aliphatic heterocycles. The van der Waals surface area contributed by atoms with Gasteiger partial charge in [-0.1, -0.05) is 110 Å². The maximum atomic E-state index is 2.37. The summed E-state index contributed by atoms with van der Waals surface area (Å²) < 4.78 is 2.37. The van der Waals surface area contributed by atoms with Crippen LogP contribution in [0.3, 0.4) is 0 Å². The number of nitrogens with zero attached hydrogens (tertiary/aromatic N) is 1. The Kier molecular flexibility index (Phi) is 16.4. The Morgan fingerprint density at radius 2 is 0.821 bits per heavy atom. The molecule has 0 saturated carbocycles. The zero-order valence-corrected chi connectivity index (χ0v) is 19.6. The molecule has 0 bridgehead atoms. The van der Waals surface area contributed by atoms with Gasteiger partial charge in [-0.2, -0.15) is 0 Å². The SMILES string of the molecule is CCCCCCCCCCCCCCCCCCCC[n+]1cc(C)cc(C)c1. The van der Waals surface area contributed by atoms with Crippen molar-refractivity contribution in [2.45, 2.75) is 143 Å². The molecule has 28 heavy (non-hydrogen) atoms. The lowest BCUT2D eigenvalue weighted by molar-refractivity contribution is -0.698. The van der Waals surface area contributed by atoms with Crippen molar-refractivity contribution in [3.05, 3.63) is 29.6 Å². The van der Waals surface area contributed by atoms with E-state index in [2.05, 4.69) is 43.8 Å². The minimum atomic E-state index is 1.18. The summed E-state index contributed by atoms with van der Waals surface area (Å²) >= 11 is 0. The quantitative estimate of drug-likeness (QED) is 0.165. The van der Waals surface area contributed by atoms with Crippen LogP contribution in [0, 0.1) is 13.8 Å². The van der Waals surface area contributed by atoms with Crippen LogP contribution in [0.1, 0.15) is 134 Å². The van der Waals surface area contributed by atoms with Crippen LogP contribution in [0.4, 0.5) is 0 Å². The Morgan fingerprint density at radius 1 is 0.500 bits per heavy atom. The van der Waals surface area contributed by atoms with Crippen molar-refractivity contribution in [1.82, 2.24) is 0 Å². The summed E-state index contributed by atoms with van der Waals surface area (Å²) in [4.78, 5) is 0. The van der Waals surface area contributed by atoms with E-state index >= 15 is 0 Å². The van der Waals surface area contributed by atoms with Crippen LogP contribution >= 0.6 is 0 Å². The van der Waals surface area contributed by atoms with Gasteiger partial charge in [-0.25, -0.2) is 4.57 Å². The standard InChI is InChI=1S/C27H50N/c1-4-5-6-7-8-9-10-11-12-13-14-15-16-17-18-19-20-21-22-28-24-26(2)23-27(3)25-28/h23-25H,4-22H2,1-3H3/q+1. The minimum absolute atomic E-state index is 1.18. The van der Waals surface area contributed by atoms with Crippen molar-refractivity contribution in [3.63, 3.8) is 0 Å². The molecule has 0 aromatic carbocycles.